The number of aromatic nitrogens is 3. The lowest BCUT2D eigenvalue weighted by Gasteiger charge is -2.11. The molecule has 0 aliphatic heterocycles. The molecule has 0 amide bonds. The van der Waals surface area contributed by atoms with Crippen molar-refractivity contribution in [1.82, 2.24) is 14.5 Å². The molecule has 3 aromatic heterocycles. The Hall–Kier alpha value is -3.62. The first-order valence-electron chi connectivity index (χ1n) is 11.2. The third-order valence-electron chi connectivity index (χ3n) is 5.78. The van der Waals surface area contributed by atoms with Gasteiger partial charge in [-0.05, 0) is 41.3 Å². The maximum Gasteiger partial charge on any atom is 0.290 e. The van der Waals surface area contributed by atoms with Crippen molar-refractivity contribution in [2.75, 3.05) is 7.11 Å². The van der Waals surface area contributed by atoms with E-state index in [-0.39, 0.29) is 15.9 Å². The van der Waals surface area contributed by atoms with Gasteiger partial charge in [-0.15, -0.1) is 9.24 Å². The van der Waals surface area contributed by atoms with Crippen LogP contribution < -0.4 is 20.3 Å². The number of nitrogens with zero attached hydrogens (tertiary/aromatic N) is 3. The van der Waals surface area contributed by atoms with E-state index in [1.807, 2.05) is 60.7 Å². The lowest BCUT2D eigenvalue weighted by Crippen LogP contribution is -2.20. The first kappa shape index (κ1) is 24.7. The first-order valence-corrected chi connectivity index (χ1v) is 13.4. The summed E-state index contributed by atoms with van der Waals surface area (Å²) in [7, 11) is 4.10. The standard InChI is InChI=1S/C27H17ClN3O4PS2/c1-33-20-9-10-29-23-24(20)35-27(37)31(25(23)32)26-30-22-17(14-5-3-2-4-6-14)11-15(12-21(22)38-26)34-19-8-7-16(36)13-18(19)28/h2-13H,36H2,1H3. The zero-order valence-corrected chi connectivity index (χ0v) is 23.2. The van der Waals surface area contributed by atoms with Gasteiger partial charge < -0.3 is 13.9 Å². The number of ether oxygens (including phenoxy) is 2. The largest absolute Gasteiger partial charge is 0.493 e. The summed E-state index contributed by atoms with van der Waals surface area (Å²) >= 11 is 13.2. The zero-order chi connectivity index (χ0) is 26.4. The minimum absolute atomic E-state index is 0.0603. The first-order chi connectivity index (χ1) is 18.4. The summed E-state index contributed by atoms with van der Waals surface area (Å²) in [5, 5.41) is 1.80. The smallest absolute Gasteiger partial charge is 0.290 e. The van der Waals surface area contributed by atoms with E-state index in [2.05, 4.69) is 14.2 Å². The SMILES string of the molecule is COc1ccnc2c(=O)n(-c3nc4c(-c5ccccc5)cc(Oc5ccc(P)cc5Cl)cc4s3)c(=S)oc12. The summed E-state index contributed by atoms with van der Waals surface area (Å²) in [4.78, 5) is 22.4. The molecule has 3 heterocycles. The molecule has 0 spiro atoms. The number of hydrogen-bond acceptors (Lipinski definition) is 8. The van der Waals surface area contributed by atoms with Crippen molar-refractivity contribution in [3.63, 3.8) is 0 Å². The van der Waals surface area contributed by atoms with Crippen molar-refractivity contribution >= 4 is 71.0 Å². The highest BCUT2D eigenvalue weighted by Gasteiger charge is 2.19. The molecular weight excluding hydrogens is 561 g/mol. The monoisotopic (exact) mass is 577 g/mol. The van der Waals surface area contributed by atoms with E-state index >= 15 is 0 Å². The van der Waals surface area contributed by atoms with Gasteiger partial charge in [0, 0.05) is 23.9 Å². The van der Waals surface area contributed by atoms with E-state index in [4.69, 9.17) is 42.7 Å². The third kappa shape index (κ3) is 4.37. The number of pyridine rings is 1. The van der Waals surface area contributed by atoms with Gasteiger partial charge in [0.15, 0.2) is 11.3 Å². The lowest BCUT2D eigenvalue weighted by atomic mass is 10.0. The Kier molecular flexibility index (Phi) is 6.45. The number of halogens is 1. The highest BCUT2D eigenvalue weighted by Crippen LogP contribution is 2.39. The molecule has 188 valence electrons. The normalized spacial score (nSPS) is 11.2. The van der Waals surface area contributed by atoms with Gasteiger partial charge in [0.05, 0.1) is 22.3 Å². The van der Waals surface area contributed by atoms with Gasteiger partial charge in [0.25, 0.3) is 10.4 Å². The maximum absolute atomic E-state index is 13.5. The van der Waals surface area contributed by atoms with E-state index in [9.17, 15) is 4.79 Å². The summed E-state index contributed by atoms with van der Waals surface area (Å²) in [5.74, 6) is 1.47. The molecule has 0 N–H and O–H groups in total. The van der Waals surface area contributed by atoms with Gasteiger partial charge in [-0.3, -0.25) is 4.79 Å². The van der Waals surface area contributed by atoms with E-state index in [0.29, 0.717) is 32.9 Å². The van der Waals surface area contributed by atoms with Crippen molar-refractivity contribution in [2.45, 2.75) is 0 Å². The van der Waals surface area contributed by atoms with Crippen LogP contribution in [0, 0.1) is 4.84 Å². The molecule has 0 bridgehead atoms. The van der Waals surface area contributed by atoms with Gasteiger partial charge in [-0.25, -0.2) is 14.5 Å². The molecule has 0 fully saturated rings. The molecule has 1 unspecified atom stereocenters. The van der Waals surface area contributed by atoms with Crippen LogP contribution in [-0.2, 0) is 0 Å². The molecule has 0 aliphatic carbocycles. The van der Waals surface area contributed by atoms with E-state index in [1.165, 1.54) is 29.2 Å². The Balaban J connectivity index is 1.56. The highest BCUT2D eigenvalue weighted by atomic mass is 35.5. The Labute approximate surface area is 232 Å². The maximum atomic E-state index is 13.5. The summed E-state index contributed by atoms with van der Waals surface area (Å²) in [6.45, 7) is 0. The average Bonchev–Trinajstić information content (AvgIpc) is 3.33. The lowest BCUT2D eigenvalue weighted by molar-refractivity contribution is 0.404. The minimum atomic E-state index is -0.448. The zero-order valence-electron chi connectivity index (χ0n) is 19.7. The number of benzene rings is 3. The topological polar surface area (TPSA) is 79.4 Å². The van der Waals surface area contributed by atoms with E-state index in [0.717, 1.165) is 21.1 Å². The van der Waals surface area contributed by atoms with Crippen molar-refractivity contribution in [3.8, 4) is 33.5 Å². The van der Waals surface area contributed by atoms with Gasteiger partial charge in [-0.1, -0.05) is 59.3 Å². The van der Waals surface area contributed by atoms with Gasteiger partial charge >= 0.3 is 0 Å². The van der Waals surface area contributed by atoms with Crippen LogP contribution in [0.5, 0.6) is 17.2 Å². The molecule has 1 atom stereocenters. The summed E-state index contributed by atoms with van der Waals surface area (Å²) in [5.41, 5.74) is 2.29. The molecule has 6 rings (SSSR count). The van der Waals surface area contributed by atoms with Crippen molar-refractivity contribution < 1.29 is 13.9 Å². The molecule has 0 radical (unpaired) electrons. The fourth-order valence-corrected chi connectivity index (χ4v) is 5.97. The summed E-state index contributed by atoms with van der Waals surface area (Å²) in [6.07, 6.45) is 1.48. The Morgan fingerprint density at radius 1 is 1.05 bits per heavy atom. The van der Waals surface area contributed by atoms with Crippen molar-refractivity contribution in [2.24, 2.45) is 0 Å². The Morgan fingerprint density at radius 3 is 2.63 bits per heavy atom. The van der Waals surface area contributed by atoms with E-state index in [1.54, 1.807) is 6.07 Å². The van der Waals surface area contributed by atoms with Crippen LogP contribution in [0.4, 0.5) is 0 Å². The van der Waals surface area contributed by atoms with Crippen LogP contribution >= 0.6 is 44.4 Å². The highest BCUT2D eigenvalue weighted by molar-refractivity contribution is 7.71. The molecule has 3 aromatic carbocycles. The molecule has 0 aliphatic rings. The van der Waals surface area contributed by atoms with Crippen molar-refractivity contribution in [3.05, 3.63) is 93.1 Å². The summed E-state index contributed by atoms with van der Waals surface area (Å²) < 4.78 is 19.3. The quantitative estimate of drug-likeness (QED) is 0.162. The second-order valence-corrected chi connectivity index (χ2v) is 10.6. The molecule has 6 aromatic rings. The molecule has 38 heavy (non-hydrogen) atoms. The average molecular weight is 578 g/mol. The van der Waals surface area contributed by atoms with Crippen molar-refractivity contribution in [1.29, 1.82) is 0 Å². The Bertz CT molecular complexity index is 1970. The number of methoxy groups -OCH3 is 1. The van der Waals surface area contributed by atoms with Crippen LogP contribution in [0.25, 0.3) is 37.6 Å². The second kappa shape index (κ2) is 9.93. The second-order valence-electron chi connectivity index (χ2n) is 8.17. The predicted octanol–water partition coefficient (Wildman–Crippen LogP) is 6.94. The molecule has 0 saturated carbocycles. The fraction of sp³-hybridized carbons (Fsp3) is 0.0370. The van der Waals surface area contributed by atoms with Crippen LogP contribution in [-0.4, -0.2) is 21.6 Å². The van der Waals surface area contributed by atoms with Gasteiger partial charge in [-0.2, -0.15) is 0 Å². The minimum Gasteiger partial charge on any atom is -0.493 e. The predicted molar refractivity (Wildman–Crippen MR) is 156 cm³/mol. The van der Waals surface area contributed by atoms with Crippen LogP contribution in [0.3, 0.4) is 0 Å². The van der Waals surface area contributed by atoms with Crippen LogP contribution in [0.15, 0.2) is 82.1 Å². The number of hydrogen-bond donors (Lipinski definition) is 0. The van der Waals surface area contributed by atoms with Gasteiger partial charge in [0.2, 0.25) is 10.7 Å². The molecule has 7 nitrogen and oxygen atoms in total. The molecule has 0 saturated heterocycles. The number of thiazole rings is 1. The molecule has 11 heteroatoms. The molecular formula is C27H17ClN3O4PS2. The number of fused-ring (bicyclic) bond motifs is 2. The van der Waals surface area contributed by atoms with Crippen LogP contribution in [0.1, 0.15) is 0 Å². The van der Waals surface area contributed by atoms with Gasteiger partial charge in [0.1, 0.15) is 11.5 Å². The third-order valence-corrected chi connectivity index (χ3v) is 7.69. The number of rotatable bonds is 5. The fourth-order valence-electron chi connectivity index (χ4n) is 4.04. The Morgan fingerprint density at radius 2 is 1.87 bits per heavy atom. The summed E-state index contributed by atoms with van der Waals surface area (Å²) in [6, 6.07) is 20.7. The van der Waals surface area contributed by atoms with E-state index < -0.39 is 5.56 Å². The van der Waals surface area contributed by atoms with Crippen LogP contribution in [0.2, 0.25) is 5.02 Å².